The normalized spacial score (nSPS) is 13.4. The number of nitrogens with one attached hydrogen (secondary N) is 1. The van der Waals surface area contributed by atoms with Gasteiger partial charge in [0.05, 0.1) is 0 Å². The van der Waals surface area contributed by atoms with Crippen molar-refractivity contribution in [2.24, 2.45) is 0 Å². The summed E-state index contributed by atoms with van der Waals surface area (Å²) in [7, 11) is 0. The molecule has 0 aromatic rings. The maximum absolute atomic E-state index is 3.45. The molecule has 0 aromatic heterocycles. The fraction of sp³-hybridized carbons (Fsp3) is 1.00. The molecule has 0 radical (unpaired) electrons. The van der Waals surface area contributed by atoms with Gasteiger partial charge in [0.25, 0.3) is 0 Å². The van der Waals surface area contributed by atoms with Crippen LogP contribution in [-0.4, -0.2) is 24.6 Å². The molecule has 0 heterocycles. The Bertz CT molecular complexity index is 76.0. The molecular formula is C9H21NS. The molecule has 0 aliphatic carbocycles. The predicted octanol–water partition coefficient (Wildman–Crippen LogP) is 2.52. The van der Waals surface area contributed by atoms with Crippen molar-refractivity contribution in [1.29, 1.82) is 0 Å². The van der Waals surface area contributed by atoms with E-state index in [9.17, 15) is 0 Å². The van der Waals surface area contributed by atoms with E-state index in [2.05, 4.69) is 25.4 Å². The van der Waals surface area contributed by atoms with Crippen LogP contribution in [0.4, 0.5) is 0 Å². The number of unbranched alkanes of at least 4 members (excludes halogenated alkanes) is 2. The van der Waals surface area contributed by atoms with Crippen LogP contribution in [-0.2, 0) is 0 Å². The van der Waals surface area contributed by atoms with Gasteiger partial charge in [-0.2, -0.15) is 11.8 Å². The van der Waals surface area contributed by atoms with E-state index in [1.165, 1.54) is 25.8 Å². The molecule has 68 valence electrons. The standard InChI is InChI=1S/C9H21NS/c1-4-5-6-7-10-8-9(2)11-3/h9-10H,4-8H2,1-3H3. The van der Waals surface area contributed by atoms with Crippen molar-refractivity contribution >= 4 is 11.8 Å². The molecule has 0 aliphatic rings. The summed E-state index contributed by atoms with van der Waals surface area (Å²) in [5.74, 6) is 0. The molecule has 0 amide bonds. The summed E-state index contributed by atoms with van der Waals surface area (Å²) in [6.45, 7) is 6.85. The first kappa shape index (κ1) is 11.3. The summed E-state index contributed by atoms with van der Waals surface area (Å²) in [6.07, 6.45) is 6.18. The predicted molar refractivity (Wildman–Crippen MR) is 55.4 cm³/mol. The van der Waals surface area contributed by atoms with Crippen molar-refractivity contribution in [1.82, 2.24) is 5.32 Å². The highest BCUT2D eigenvalue weighted by Crippen LogP contribution is 2.02. The first-order valence-electron chi connectivity index (χ1n) is 4.54. The summed E-state index contributed by atoms with van der Waals surface area (Å²) >= 11 is 1.93. The second kappa shape index (κ2) is 8.41. The van der Waals surface area contributed by atoms with Gasteiger partial charge in [-0.25, -0.2) is 0 Å². The third-order valence-electron chi connectivity index (χ3n) is 1.79. The van der Waals surface area contributed by atoms with Gasteiger partial charge in [0.1, 0.15) is 0 Å². The second-order valence-electron chi connectivity index (χ2n) is 2.96. The summed E-state index contributed by atoms with van der Waals surface area (Å²) in [6, 6.07) is 0. The molecule has 2 heteroatoms. The SMILES string of the molecule is CCCCCNCC(C)SC. The Morgan fingerprint density at radius 3 is 2.64 bits per heavy atom. The van der Waals surface area contributed by atoms with E-state index in [0.717, 1.165) is 11.8 Å². The summed E-state index contributed by atoms with van der Waals surface area (Å²) in [4.78, 5) is 0. The molecule has 1 atom stereocenters. The summed E-state index contributed by atoms with van der Waals surface area (Å²) < 4.78 is 0. The van der Waals surface area contributed by atoms with Crippen LogP contribution in [0.1, 0.15) is 33.1 Å². The molecule has 0 rings (SSSR count). The van der Waals surface area contributed by atoms with E-state index >= 15 is 0 Å². The first-order valence-corrected chi connectivity index (χ1v) is 5.83. The fourth-order valence-electron chi connectivity index (χ4n) is 0.889. The molecule has 0 bridgehead atoms. The Morgan fingerprint density at radius 2 is 2.09 bits per heavy atom. The Morgan fingerprint density at radius 1 is 1.36 bits per heavy atom. The van der Waals surface area contributed by atoms with Crippen LogP contribution in [0, 0.1) is 0 Å². The average molecular weight is 175 g/mol. The third kappa shape index (κ3) is 8.21. The summed E-state index contributed by atoms with van der Waals surface area (Å²) in [5, 5.41) is 4.21. The molecule has 0 saturated heterocycles. The van der Waals surface area contributed by atoms with E-state index in [4.69, 9.17) is 0 Å². The maximum Gasteiger partial charge on any atom is 0.0141 e. The molecular weight excluding hydrogens is 154 g/mol. The van der Waals surface area contributed by atoms with Gasteiger partial charge < -0.3 is 5.32 Å². The smallest absolute Gasteiger partial charge is 0.0141 e. The van der Waals surface area contributed by atoms with Gasteiger partial charge in [-0.3, -0.25) is 0 Å². The van der Waals surface area contributed by atoms with Crippen LogP contribution in [0.25, 0.3) is 0 Å². The molecule has 1 unspecified atom stereocenters. The third-order valence-corrected chi connectivity index (χ3v) is 2.76. The lowest BCUT2D eigenvalue weighted by Gasteiger charge is -2.08. The van der Waals surface area contributed by atoms with Crippen molar-refractivity contribution in [3.8, 4) is 0 Å². The molecule has 1 N–H and O–H groups in total. The number of hydrogen-bond donors (Lipinski definition) is 1. The minimum Gasteiger partial charge on any atom is -0.316 e. The number of hydrogen-bond acceptors (Lipinski definition) is 2. The highest BCUT2D eigenvalue weighted by atomic mass is 32.2. The van der Waals surface area contributed by atoms with Crippen molar-refractivity contribution < 1.29 is 0 Å². The van der Waals surface area contributed by atoms with E-state index in [-0.39, 0.29) is 0 Å². The zero-order valence-corrected chi connectivity index (χ0v) is 8.84. The fourth-order valence-corrected chi connectivity index (χ4v) is 1.17. The number of rotatable bonds is 7. The molecule has 0 aliphatic heterocycles. The monoisotopic (exact) mass is 175 g/mol. The van der Waals surface area contributed by atoms with E-state index in [1.807, 2.05) is 11.8 Å². The van der Waals surface area contributed by atoms with Gasteiger partial charge in [-0.15, -0.1) is 0 Å². The van der Waals surface area contributed by atoms with Crippen molar-refractivity contribution in [2.75, 3.05) is 19.3 Å². The molecule has 0 saturated carbocycles. The Kier molecular flexibility index (Phi) is 8.64. The highest BCUT2D eigenvalue weighted by molar-refractivity contribution is 7.99. The molecule has 0 spiro atoms. The van der Waals surface area contributed by atoms with Gasteiger partial charge in [0.2, 0.25) is 0 Å². The largest absolute Gasteiger partial charge is 0.316 e. The van der Waals surface area contributed by atoms with Gasteiger partial charge in [0.15, 0.2) is 0 Å². The minimum atomic E-state index is 0.761. The second-order valence-corrected chi connectivity index (χ2v) is 4.23. The quantitative estimate of drug-likeness (QED) is 0.597. The lowest BCUT2D eigenvalue weighted by atomic mass is 10.2. The van der Waals surface area contributed by atoms with E-state index in [0.29, 0.717) is 0 Å². The molecule has 0 aromatic carbocycles. The first-order chi connectivity index (χ1) is 5.31. The number of thioether (sulfide) groups is 1. The molecule has 0 fully saturated rings. The van der Waals surface area contributed by atoms with Gasteiger partial charge in [0, 0.05) is 11.8 Å². The summed E-state index contributed by atoms with van der Waals surface area (Å²) in [5.41, 5.74) is 0. The topological polar surface area (TPSA) is 12.0 Å². The zero-order valence-electron chi connectivity index (χ0n) is 8.02. The van der Waals surface area contributed by atoms with Crippen molar-refractivity contribution in [3.63, 3.8) is 0 Å². The van der Waals surface area contributed by atoms with Gasteiger partial charge >= 0.3 is 0 Å². The molecule has 1 nitrogen and oxygen atoms in total. The minimum absolute atomic E-state index is 0.761. The maximum atomic E-state index is 3.45. The van der Waals surface area contributed by atoms with Gasteiger partial charge in [-0.05, 0) is 19.2 Å². The van der Waals surface area contributed by atoms with Crippen LogP contribution < -0.4 is 5.32 Å². The average Bonchev–Trinajstić information content (AvgIpc) is 2.04. The lowest BCUT2D eigenvalue weighted by molar-refractivity contribution is 0.616. The van der Waals surface area contributed by atoms with Crippen LogP contribution >= 0.6 is 11.8 Å². The lowest BCUT2D eigenvalue weighted by Crippen LogP contribution is -2.23. The van der Waals surface area contributed by atoms with Crippen molar-refractivity contribution in [2.45, 2.75) is 38.4 Å². The highest BCUT2D eigenvalue weighted by Gasteiger charge is 1.96. The van der Waals surface area contributed by atoms with E-state index in [1.54, 1.807) is 0 Å². The Balaban J connectivity index is 2.89. The zero-order chi connectivity index (χ0) is 8.53. The van der Waals surface area contributed by atoms with Crippen LogP contribution in [0.5, 0.6) is 0 Å². The Labute approximate surface area is 75.3 Å². The van der Waals surface area contributed by atoms with Crippen molar-refractivity contribution in [3.05, 3.63) is 0 Å². The van der Waals surface area contributed by atoms with E-state index < -0.39 is 0 Å². The van der Waals surface area contributed by atoms with Crippen LogP contribution in [0.15, 0.2) is 0 Å². The molecule has 11 heavy (non-hydrogen) atoms. The Hall–Kier alpha value is 0.310. The van der Waals surface area contributed by atoms with Gasteiger partial charge in [-0.1, -0.05) is 26.7 Å². The van der Waals surface area contributed by atoms with Crippen LogP contribution in [0.2, 0.25) is 0 Å². The van der Waals surface area contributed by atoms with Crippen LogP contribution in [0.3, 0.4) is 0 Å².